The highest BCUT2D eigenvalue weighted by atomic mass is 32.2. The topological polar surface area (TPSA) is 52.0 Å². The van der Waals surface area contributed by atoms with Gasteiger partial charge in [0.1, 0.15) is 5.82 Å². The summed E-state index contributed by atoms with van der Waals surface area (Å²) in [5, 5.41) is 0.605. The Labute approximate surface area is 155 Å². The predicted molar refractivity (Wildman–Crippen MR) is 102 cm³/mol. The number of Topliss-reactive ketones (excluding diaryl/α,β-unsaturated/α-hetero) is 1. The Kier molecular flexibility index (Phi) is 5.23. The van der Waals surface area contributed by atoms with Crippen molar-refractivity contribution in [2.75, 3.05) is 0 Å². The molecule has 2 aromatic carbocycles. The molecule has 26 heavy (non-hydrogen) atoms. The van der Waals surface area contributed by atoms with Crippen LogP contribution in [0, 0.1) is 5.82 Å². The Morgan fingerprint density at radius 3 is 2.38 bits per heavy atom. The van der Waals surface area contributed by atoms with Crippen LogP contribution in [0.1, 0.15) is 37.2 Å². The lowest BCUT2D eigenvalue weighted by Crippen LogP contribution is -2.26. The number of nitrogens with zero attached hydrogens (tertiary/aromatic N) is 2. The Balaban J connectivity index is 1.99. The van der Waals surface area contributed by atoms with Crippen LogP contribution in [0.15, 0.2) is 58.5 Å². The molecule has 0 fully saturated rings. The molecule has 0 spiro atoms. The van der Waals surface area contributed by atoms with Gasteiger partial charge in [-0.25, -0.2) is 9.37 Å². The molecule has 0 aliphatic carbocycles. The summed E-state index contributed by atoms with van der Waals surface area (Å²) in [6.45, 7) is 5.59. The van der Waals surface area contributed by atoms with Crippen LogP contribution < -0.4 is 5.56 Å². The lowest BCUT2D eigenvalue weighted by Gasteiger charge is -2.18. The highest BCUT2D eigenvalue weighted by Gasteiger charge is 2.21. The molecule has 0 bridgehead atoms. The van der Waals surface area contributed by atoms with Crippen LogP contribution in [0.5, 0.6) is 0 Å². The molecule has 6 heteroatoms. The van der Waals surface area contributed by atoms with Crippen LogP contribution in [0.3, 0.4) is 0 Å². The maximum absolute atomic E-state index is 13.1. The van der Waals surface area contributed by atoms with Crippen LogP contribution >= 0.6 is 11.8 Å². The van der Waals surface area contributed by atoms with E-state index in [1.165, 1.54) is 36.0 Å². The second-order valence-corrected chi connectivity index (χ2v) is 7.62. The maximum Gasteiger partial charge on any atom is 0.262 e. The minimum absolute atomic E-state index is 0.0878. The van der Waals surface area contributed by atoms with Crippen molar-refractivity contribution in [3.63, 3.8) is 0 Å². The van der Waals surface area contributed by atoms with Crippen LogP contribution in [-0.4, -0.2) is 20.6 Å². The Morgan fingerprint density at radius 1 is 1.08 bits per heavy atom. The van der Waals surface area contributed by atoms with Crippen molar-refractivity contribution in [2.45, 2.75) is 37.2 Å². The normalized spacial score (nSPS) is 12.5. The summed E-state index contributed by atoms with van der Waals surface area (Å²) < 4.78 is 14.7. The SMILES string of the molecule is CC(C)n1c(S[C@@H](C)C(=O)c2ccc(F)cc2)nc2ccccc2c1=O. The molecule has 0 saturated heterocycles. The van der Waals surface area contributed by atoms with Gasteiger partial charge in [-0.1, -0.05) is 23.9 Å². The zero-order valence-electron chi connectivity index (χ0n) is 14.8. The molecule has 1 heterocycles. The van der Waals surface area contributed by atoms with Crippen LogP contribution in [0.2, 0.25) is 0 Å². The minimum Gasteiger partial charge on any atom is -0.293 e. The van der Waals surface area contributed by atoms with Crippen molar-refractivity contribution in [1.29, 1.82) is 0 Å². The first-order valence-electron chi connectivity index (χ1n) is 8.36. The van der Waals surface area contributed by atoms with Gasteiger partial charge in [-0.3, -0.25) is 14.2 Å². The standard InChI is InChI=1S/C20H19FN2O2S/c1-12(2)23-19(25)16-6-4-5-7-17(16)22-20(23)26-13(3)18(24)14-8-10-15(21)11-9-14/h4-13H,1-3H3/t13-/m0/s1. The molecule has 3 aromatic rings. The number of fused-ring (bicyclic) bond motifs is 1. The van der Waals surface area contributed by atoms with Gasteiger partial charge in [-0.05, 0) is 57.2 Å². The first kappa shape index (κ1) is 18.3. The number of hydrogen-bond donors (Lipinski definition) is 0. The number of carbonyl (C=O) groups excluding carboxylic acids is 1. The zero-order chi connectivity index (χ0) is 18.8. The molecule has 0 aliphatic heterocycles. The fourth-order valence-corrected chi connectivity index (χ4v) is 3.84. The molecular weight excluding hydrogens is 351 g/mol. The third-order valence-corrected chi connectivity index (χ3v) is 5.14. The van der Waals surface area contributed by atoms with Crippen molar-refractivity contribution in [1.82, 2.24) is 9.55 Å². The molecule has 0 aliphatic rings. The average Bonchev–Trinajstić information content (AvgIpc) is 2.61. The monoisotopic (exact) mass is 370 g/mol. The molecule has 0 unspecified atom stereocenters. The molecule has 0 saturated carbocycles. The number of thioether (sulfide) groups is 1. The smallest absolute Gasteiger partial charge is 0.262 e. The van der Waals surface area contributed by atoms with Gasteiger partial charge < -0.3 is 0 Å². The summed E-state index contributed by atoms with van der Waals surface area (Å²) in [4.78, 5) is 30.1. The third-order valence-electron chi connectivity index (χ3n) is 4.07. The van der Waals surface area contributed by atoms with E-state index in [4.69, 9.17) is 0 Å². The lowest BCUT2D eigenvalue weighted by atomic mass is 10.1. The number of carbonyl (C=O) groups is 1. The maximum atomic E-state index is 13.1. The Hall–Kier alpha value is -2.47. The minimum atomic E-state index is -0.460. The molecule has 0 N–H and O–H groups in total. The average molecular weight is 370 g/mol. The number of rotatable bonds is 5. The van der Waals surface area contributed by atoms with E-state index in [1.807, 2.05) is 26.0 Å². The first-order valence-corrected chi connectivity index (χ1v) is 9.24. The quantitative estimate of drug-likeness (QED) is 0.377. The second-order valence-electron chi connectivity index (χ2n) is 6.31. The molecule has 1 aromatic heterocycles. The molecule has 0 amide bonds. The molecule has 4 nitrogen and oxygen atoms in total. The van der Waals surface area contributed by atoms with E-state index >= 15 is 0 Å². The molecule has 3 rings (SSSR count). The summed E-state index contributed by atoms with van der Waals surface area (Å²) in [5.41, 5.74) is 0.929. The van der Waals surface area contributed by atoms with E-state index in [-0.39, 0.29) is 23.2 Å². The van der Waals surface area contributed by atoms with Crippen molar-refractivity contribution in [3.05, 3.63) is 70.3 Å². The second kappa shape index (κ2) is 7.41. The van der Waals surface area contributed by atoms with Gasteiger partial charge in [0.05, 0.1) is 16.2 Å². The molecule has 134 valence electrons. The molecule has 1 atom stereocenters. The Bertz CT molecular complexity index is 1010. The van der Waals surface area contributed by atoms with Crippen molar-refractivity contribution in [3.8, 4) is 0 Å². The van der Waals surface area contributed by atoms with E-state index in [9.17, 15) is 14.0 Å². The van der Waals surface area contributed by atoms with Gasteiger partial charge in [-0.15, -0.1) is 0 Å². The van der Waals surface area contributed by atoms with Gasteiger partial charge in [0.2, 0.25) is 0 Å². The van der Waals surface area contributed by atoms with Crippen molar-refractivity contribution >= 4 is 28.4 Å². The van der Waals surface area contributed by atoms with E-state index in [2.05, 4.69) is 4.98 Å². The zero-order valence-corrected chi connectivity index (χ0v) is 15.6. The largest absolute Gasteiger partial charge is 0.293 e. The number of halogens is 1. The van der Waals surface area contributed by atoms with Crippen LogP contribution in [-0.2, 0) is 0 Å². The van der Waals surface area contributed by atoms with Gasteiger partial charge in [0.25, 0.3) is 5.56 Å². The third kappa shape index (κ3) is 3.55. The highest BCUT2D eigenvalue weighted by Crippen LogP contribution is 2.26. The highest BCUT2D eigenvalue weighted by molar-refractivity contribution is 8.00. The van der Waals surface area contributed by atoms with E-state index in [0.29, 0.717) is 21.6 Å². The lowest BCUT2D eigenvalue weighted by molar-refractivity contribution is 0.0993. The van der Waals surface area contributed by atoms with Gasteiger partial charge in [0, 0.05) is 11.6 Å². The number of hydrogen-bond acceptors (Lipinski definition) is 4. The van der Waals surface area contributed by atoms with Crippen molar-refractivity contribution < 1.29 is 9.18 Å². The van der Waals surface area contributed by atoms with Crippen LogP contribution in [0.25, 0.3) is 10.9 Å². The summed E-state index contributed by atoms with van der Waals surface area (Å²) in [7, 11) is 0. The van der Waals surface area contributed by atoms with E-state index in [0.717, 1.165) is 0 Å². The van der Waals surface area contributed by atoms with Gasteiger partial charge >= 0.3 is 0 Å². The molecular formula is C20H19FN2O2S. The summed E-state index contributed by atoms with van der Waals surface area (Å²) in [6.07, 6.45) is 0. The predicted octanol–water partition coefficient (Wildman–Crippen LogP) is 4.48. The fourth-order valence-electron chi connectivity index (χ4n) is 2.72. The van der Waals surface area contributed by atoms with E-state index < -0.39 is 5.25 Å². The summed E-state index contributed by atoms with van der Waals surface area (Å²) >= 11 is 1.24. The van der Waals surface area contributed by atoms with Gasteiger partial charge in [0.15, 0.2) is 10.9 Å². The van der Waals surface area contributed by atoms with E-state index in [1.54, 1.807) is 23.6 Å². The summed E-state index contributed by atoms with van der Waals surface area (Å²) in [6, 6.07) is 12.6. The van der Waals surface area contributed by atoms with Gasteiger partial charge in [-0.2, -0.15) is 0 Å². The number of ketones is 1. The Morgan fingerprint density at radius 2 is 1.73 bits per heavy atom. The molecule has 0 radical (unpaired) electrons. The fraction of sp³-hybridized carbons (Fsp3) is 0.250. The number of para-hydroxylation sites is 1. The van der Waals surface area contributed by atoms with Crippen LogP contribution in [0.4, 0.5) is 4.39 Å². The first-order chi connectivity index (χ1) is 12.4. The number of aromatic nitrogens is 2. The van der Waals surface area contributed by atoms with Crippen molar-refractivity contribution in [2.24, 2.45) is 0 Å². The number of benzene rings is 2. The summed E-state index contributed by atoms with van der Waals surface area (Å²) in [5.74, 6) is -0.514.